The molecule has 0 saturated heterocycles. The van der Waals surface area contributed by atoms with Crippen molar-refractivity contribution >= 4 is 11.6 Å². The minimum Gasteiger partial charge on any atom is -0.373 e. The minimum atomic E-state index is 0.687. The third kappa shape index (κ3) is 3.40. The molecule has 0 spiro atoms. The summed E-state index contributed by atoms with van der Waals surface area (Å²) in [6.45, 7) is 2.84. The van der Waals surface area contributed by atoms with Crippen LogP contribution in [0.25, 0.3) is 0 Å². The van der Waals surface area contributed by atoms with Gasteiger partial charge in [0.2, 0.25) is 6.39 Å². The molecule has 0 amide bonds. The number of anilines is 2. The van der Waals surface area contributed by atoms with Crippen LogP contribution in [0, 0.1) is 0 Å². The van der Waals surface area contributed by atoms with Gasteiger partial charge in [0.05, 0.1) is 0 Å². The van der Waals surface area contributed by atoms with Crippen molar-refractivity contribution in [2.45, 2.75) is 26.2 Å². The molecular weight excluding hydrogens is 244 g/mol. The fourth-order valence-electron chi connectivity index (χ4n) is 1.86. The lowest BCUT2D eigenvalue weighted by atomic mass is 10.1. The summed E-state index contributed by atoms with van der Waals surface area (Å²) in [5, 5.41) is 10.2. The van der Waals surface area contributed by atoms with Crippen LogP contribution in [0.1, 0.15) is 24.7 Å². The van der Waals surface area contributed by atoms with Crippen LogP contribution < -0.4 is 10.6 Å². The van der Waals surface area contributed by atoms with Gasteiger partial charge in [0, 0.05) is 25.6 Å². The van der Waals surface area contributed by atoms with Gasteiger partial charge < -0.3 is 15.2 Å². The highest BCUT2D eigenvalue weighted by atomic mass is 16.5. The van der Waals surface area contributed by atoms with Gasteiger partial charge in [0.15, 0.2) is 5.82 Å². The fraction of sp³-hybridized carbons (Fsp3) is 0.500. The zero-order valence-corrected chi connectivity index (χ0v) is 11.2. The second-order valence-electron chi connectivity index (χ2n) is 4.07. The third-order valence-electron chi connectivity index (χ3n) is 2.73. The van der Waals surface area contributed by atoms with Crippen LogP contribution in [-0.2, 0) is 12.8 Å². The van der Waals surface area contributed by atoms with E-state index < -0.39 is 0 Å². The average molecular weight is 262 g/mol. The third-order valence-corrected chi connectivity index (χ3v) is 2.73. The van der Waals surface area contributed by atoms with Gasteiger partial charge >= 0.3 is 0 Å². The van der Waals surface area contributed by atoms with Crippen LogP contribution in [0.5, 0.6) is 0 Å². The smallest absolute Gasteiger partial charge is 0.213 e. The summed E-state index contributed by atoms with van der Waals surface area (Å²) < 4.78 is 4.69. The van der Waals surface area contributed by atoms with E-state index in [4.69, 9.17) is 4.52 Å². The van der Waals surface area contributed by atoms with Gasteiger partial charge in [0.25, 0.3) is 0 Å². The zero-order chi connectivity index (χ0) is 13.5. The molecular formula is C12H18N6O. The van der Waals surface area contributed by atoms with E-state index >= 15 is 0 Å². The molecule has 102 valence electrons. The van der Waals surface area contributed by atoms with Crippen molar-refractivity contribution in [3.8, 4) is 0 Å². The first-order valence-corrected chi connectivity index (χ1v) is 6.36. The van der Waals surface area contributed by atoms with Crippen molar-refractivity contribution in [2.75, 3.05) is 24.2 Å². The quantitative estimate of drug-likeness (QED) is 0.781. The molecule has 0 unspecified atom stereocenters. The lowest BCUT2D eigenvalue weighted by Crippen LogP contribution is -2.11. The van der Waals surface area contributed by atoms with E-state index in [1.165, 1.54) is 6.39 Å². The Balaban J connectivity index is 2.02. The molecule has 0 bridgehead atoms. The molecule has 0 atom stereocenters. The fourth-order valence-corrected chi connectivity index (χ4v) is 1.86. The molecule has 0 aromatic carbocycles. The Kier molecular flexibility index (Phi) is 4.66. The Morgan fingerprint density at radius 3 is 2.68 bits per heavy atom. The molecule has 2 rings (SSSR count). The molecule has 2 heterocycles. The topological polar surface area (TPSA) is 88.8 Å². The Labute approximate surface area is 111 Å². The van der Waals surface area contributed by atoms with Gasteiger partial charge in [-0.15, -0.1) is 0 Å². The van der Waals surface area contributed by atoms with E-state index in [2.05, 4.69) is 37.7 Å². The Hall–Kier alpha value is -2.18. The number of rotatable bonds is 7. The van der Waals surface area contributed by atoms with Crippen LogP contribution in [0.3, 0.4) is 0 Å². The van der Waals surface area contributed by atoms with Crippen LogP contribution >= 0.6 is 0 Å². The van der Waals surface area contributed by atoms with Crippen molar-refractivity contribution in [3.05, 3.63) is 24.1 Å². The molecule has 2 aromatic heterocycles. The summed E-state index contributed by atoms with van der Waals surface area (Å²) in [6.07, 6.45) is 5.56. The average Bonchev–Trinajstić information content (AvgIpc) is 2.94. The molecule has 2 aromatic rings. The van der Waals surface area contributed by atoms with E-state index in [1.807, 2.05) is 7.05 Å². The highest BCUT2D eigenvalue weighted by Crippen LogP contribution is 2.20. The summed E-state index contributed by atoms with van der Waals surface area (Å²) in [5.74, 6) is 2.43. The van der Waals surface area contributed by atoms with Crippen LogP contribution in [0.2, 0.25) is 0 Å². The molecule has 0 aliphatic carbocycles. The molecule has 19 heavy (non-hydrogen) atoms. The number of nitrogens with zero attached hydrogens (tertiary/aromatic N) is 4. The Morgan fingerprint density at radius 2 is 2.00 bits per heavy atom. The normalized spacial score (nSPS) is 10.4. The first kappa shape index (κ1) is 13.3. The first-order chi connectivity index (χ1) is 9.35. The van der Waals surface area contributed by atoms with Crippen molar-refractivity contribution in [1.82, 2.24) is 20.1 Å². The predicted molar refractivity (Wildman–Crippen MR) is 72.1 cm³/mol. The summed E-state index contributed by atoms with van der Waals surface area (Å²) >= 11 is 0. The van der Waals surface area contributed by atoms with Crippen LogP contribution in [0.4, 0.5) is 11.6 Å². The predicted octanol–water partition coefficient (Wildman–Crippen LogP) is 1.51. The monoisotopic (exact) mass is 262 g/mol. The van der Waals surface area contributed by atoms with Crippen molar-refractivity contribution < 1.29 is 4.52 Å². The van der Waals surface area contributed by atoms with E-state index in [0.29, 0.717) is 18.8 Å². The van der Waals surface area contributed by atoms with E-state index in [0.717, 1.165) is 30.0 Å². The van der Waals surface area contributed by atoms with E-state index in [-0.39, 0.29) is 0 Å². The number of aromatic nitrogens is 4. The first-order valence-electron chi connectivity index (χ1n) is 6.36. The molecule has 0 radical (unpaired) electrons. The second-order valence-corrected chi connectivity index (χ2v) is 4.07. The Morgan fingerprint density at radius 1 is 1.16 bits per heavy atom. The standard InChI is InChI=1S/C12H18N6O/c1-3-4-9-11(13-2)15-7-16-12(9)14-6-5-10-17-8-19-18-10/h7-8H,3-6H2,1-2H3,(H2,13,14,15,16). The van der Waals surface area contributed by atoms with E-state index in [9.17, 15) is 0 Å². The molecule has 7 nitrogen and oxygen atoms in total. The maximum atomic E-state index is 4.69. The van der Waals surface area contributed by atoms with Gasteiger partial charge in [-0.3, -0.25) is 0 Å². The zero-order valence-electron chi connectivity index (χ0n) is 11.2. The lowest BCUT2D eigenvalue weighted by Gasteiger charge is -2.13. The maximum absolute atomic E-state index is 4.69. The van der Waals surface area contributed by atoms with Gasteiger partial charge in [0.1, 0.15) is 18.0 Å². The molecule has 0 fully saturated rings. The summed E-state index contributed by atoms with van der Waals surface area (Å²) in [6, 6.07) is 0. The SMILES string of the molecule is CCCc1c(NC)ncnc1NCCc1ncon1. The van der Waals surface area contributed by atoms with Gasteiger partial charge in [-0.2, -0.15) is 4.98 Å². The van der Waals surface area contributed by atoms with Crippen LogP contribution in [-0.4, -0.2) is 33.7 Å². The molecule has 0 saturated carbocycles. The molecule has 0 aliphatic heterocycles. The summed E-state index contributed by atoms with van der Waals surface area (Å²) in [5.41, 5.74) is 1.11. The molecule has 0 aliphatic rings. The second kappa shape index (κ2) is 6.67. The minimum absolute atomic E-state index is 0.687. The molecule has 7 heteroatoms. The highest BCUT2D eigenvalue weighted by molar-refractivity contribution is 5.57. The maximum Gasteiger partial charge on any atom is 0.213 e. The Bertz CT molecular complexity index is 499. The van der Waals surface area contributed by atoms with Crippen LogP contribution in [0.15, 0.2) is 17.2 Å². The van der Waals surface area contributed by atoms with Crippen molar-refractivity contribution in [2.24, 2.45) is 0 Å². The van der Waals surface area contributed by atoms with Gasteiger partial charge in [-0.1, -0.05) is 18.5 Å². The number of nitrogens with one attached hydrogen (secondary N) is 2. The summed E-state index contributed by atoms with van der Waals surface area (Å²) in [4.78, 5) is 12.5. The van der Waals surface area contributed by atoms with Gasteiger partial charge in [-0.05, 0) is 6.42 Å². The number of hydrogen-bond acceptors (Lipinski definition) is 7. The van der Waals surface area contributed by atoms with Crippen molar-refractivity contribution in [1.29, 1.82) is 0 Å². The lowest BCUT2D eigenvalue weighted by molar-refractivity contribution is 0.410. The van der Waals surface area contributed by atoms with Crippen molar-refractivity contribution in [3.63, 3.8) is 0 Å². The van der Waals surface area contributed by atoms with Gasteiger partial charge in [-0.25, -0.2) is 9.97 Å². The molecule has 2 N–H and O–H groups in total. The summed E-state index contributed by atoms with van der Waals surface area (Å²) in [7, 11) is 1.87. The highest BCUT2D eigenvalue weighted by Gasteiger charge is 2.09. The largest absolute Gasteiger partial charge is 0.373 e. The number of hydrogen-bond donors (Lipinski definition) is 2. The van der Waals surface area contributed by atoms with E-state index in [1.54, 1.807) is 6.33 Å².